The average molecular weight is 287 g/mol. The van der Waals surface area contributed by atoms with E-state index in [1.807, 2.05) is 7.05 Å². The van der Waals surface area contributed by atoms with Crippen molar-refractivity contribution in [3.63, 3.8) is 0 Å². The smallest absolute Gasteiger partial charge is 0.0389 e. The zero-order valence-corrected chi connectivity index (χ0v) is 13.7. The van der Waals surface area contributed by atoms with Gasteiger partial charge in [0.05, 0.1) is 0 Å². The number of hydrogen-bond donors (Lipinski definition) is 1. The number of nitrogens with one attached hydrogen (secondary N) is 1. The van der Waals surface area contributed by atoms with Crippen molar-refractivity contribution in [3.8, 4) is 0 Å². The van der Waals surface area contributed by atoms with E-state index in [1.165, 1.54) is 55.7 Å². The maximum absolute atomic E-state index is 3.25. The van der Waals surface area contributed by atoms with Gasteiger partial charge in [-0.05, 0) is 63.5 Å². The Morgan fingerprint density at radius 1 is 1.24 bits per heavy atom. The number of fused-ring (bicyclic) bond motifs is 1. The van der Waals surface area contributed by atoms with Gasteiger partial charge >= 0.3 is 0 Å². The van der Waals surface area contributed by atoms with Gasteiger partial charge in [-0.1, -0.05) is 12.5 Å². The standard InChI is InChI=1S/C18H29N3/c1-14-10-17(8-7-16(14)11-19-3)21-13-18-6-4-5-9-20(18)12-15(21)2/h7-8,10,15,18-19H,4-6,9,11-13H2,1-3H3. The van der Waals surface area contributed by atoms with Crippen molar-refractivity contribution in [2.24, 2.45) is 0 Å². The fourth-order valence-electron chi connectivity index (χ4n) is 3.96. The van der Waals surface area contributed by atoms with Gasteiger partial charge < -0.3 is 10.2 Å². The first-order valence-electron chi connectivity index (χ1n) is 8.44. The molecule has 2 saturated heterocycles. The van der Waals surface area contributed by atoms with Crippen LogP contribution < -0.4 is 10.2 Å². The summed E-state index contributed by atoms with van der Waals surface area (Å²) >= 11 is 0. The molecule has 2 atom stereocenters. The molecule has 0 radical (unpaired) electrons. The molecule has 3 rings (SSSR count). The van der Waals surface area contributed by atoms with Crippen LogP contribution in [0.2, 0.25) is 0 Å². The van der Waals surface area contributed by atoms with E-state index >= 15 is 0 Å². The monoisotopic (exact) mass is 287 g/mol. The van der Waals surface area contributed by atoms with Crippen LogP contribution in [0, 0.1) is 6.92 Å². The lowest BCUT2D eigenvalue weighted by molar-refractivity contribution is 0.115. The number of aryl methyl sites for hydroxylation is 1. The van der Waals surface area contributed by atoms with Gasteiger partial charge in [0, 0.05) is 37.4 Å². The zero-order valence-electron chi connectivity index (χ0n) is 13.7. The highest BCUT2D eigenvalue weighted by atomic mass is 15.3. The predicted octanol–water partition coefficient (Wildman–Crippen LogP) is 2.78. The first-order valence-corrected chi connectivity index (χ1v) is 8.44. The van der Waals surface area contributed by atoms with E-state index in [0.29, 0.717) is 6.04 Å². The molecule has 21 heavy (non-hydrogen) atoms. The molecule has 3 nitrogen and oxygen atoms in total. The van der Waals surface area contributed by atoms with Crippen LogP contribution in [0.5, 0.6) is 0 Å². The maximum atomic E-state index is 3.25. The van der Waals surface area contributed by atoms with Gasteiger partial charge in [-0.15, -0.1) is 0 Å². The van der Waals surface area contributed by atoms with E-state index in [0.717, 1.165) is 12.6 Å². The van der Waals surface area contributed by atoms with Crippen LogP contribution in [0.3, 0.4) is 0 Å². The van der Waals surface area contributed by atoms with Crippen LogP contribution in [0.1, 0.15) is 37.3 Å². The van der Waals surface area contributed by atoms with E-state index < -0.39 is 0 Å². The number of hydrogen-bond acceptors (Lipinski definition) is 3. The molecule has 1 aromatic rings. The van der Waals surface area contributed by atoms with Gasteiger partial charge in [0.25, 0.3) is 0 Å². The highest BCUT2D eigenvalue weighted by molar-refractivity contribution is 5.52. The molecule has 2 fully saturated rings. The molecule has 2 unspecified atom stereocenters. The van der Waals surface area contributed by atoms with Crippen molar-refractivity contribution in [2.75, 3.05) is 31.6 Å². The summed E-state index contributed by atoms with van der Waals surface area (Å²) in [6.07, 6.45) is 4.17. The first-order chi connectivity index (χ1) is 10.2. The Kier molecular flexibility index (Phi) is 4.51. The van der Waals surface area contributed by atoms with E-state index in [4.69, 9.17) is 0 Å². The average Bonchev–Trinajstić information content (AvgIpc) is 2.49. The van der Waals surface area contributed by atoms with Gasteiger partial charge in [0.15, 0.2) is 0 Å². The third-order valence-corrected chi connectivity index (χ3v) is 5.21. The second-order valence-electron chi connectivity index (χ2n) is 6.79. The summed E-state index contributed by atoms with van der Waals surface area (Å²) in [5.74, 6) is 0. The number of nitrogens with zero attached hydrogens (tertiary/aromatic N) is 2. The van der Waals surface area contributed by atoms with Crippen LogP contribution in [0.25, 0.3) is 0 Å². The van der Waals surface area contributed by atoms with Gasteiger partial charge in [-0.2, -0.15) is 0 Å². The fourth-order valence-corrected chi connectivity index (χ4v) is 3.96. The van der Waals surface area contributed by atoms with Crippen molar-refractivity contribution in [1.29, 1.82) is 0 Å². The lowest BCUT2D eigenvalue weighted by atomic mass is 9.96. The van der Waals surface area contributed by atoms with Crippen molar-refractivity contribution >= 4 is 5.69 Å². The molecule has 0 bridgehead atoms. The highest BCUT2D eigenvalue weighted by Crippen LogP contribution is 2.29. The molecule has 2 aliphatic heterocycles. The lowest BCUT2D eigenvalue weighted by Crippen LogP contribution is -2.58. The fraction of sp³-hybridized carbons (Fsp3) is 0.667. The molecule has 2 aliphatic rings. The molecule has 2 heterocycles. The summed E-state index contributed by atoms with van der Waals surface area (Å²) in [6.45, 7) is 9.30. The molecule has 0 aliphatic carbocycles. The highest BCUT2D eigenvalue weighted by Gasteiger charge is 2.32. The quantitative estimate of drug-likeness (QED) is 0.922. The summed E-state index contributed by atoms with van der Waals surface area (Å²) in [5, 5.41) is 3.25. The van der Waals surface area contributed by atoms with Gasteiger partial charge in [-0.3, -0.25) is 4.90 Å². The number of rotatable bonds is 3. The maximum Gasteiger partial charge on any atom is 0.0389 e. The van der Waals surface area contributed by atoms with E-state index in [1.54, 1.807) is 0 Å². The summed E-state index contributed by atoms with van der Waals surface area (Å²) in [6, 6.07) is 8.37. The second-order valence-corrected chi connectivity index (χ2v) is 6.79. The SMILES string of the molecule is CNCc1ccc(N2CC3CCCCN3CC2C)cc1C. The van der Waals surface area contributed by atoms with Crippen molar-refractivity contribution in [3.05, 3.63) is 29.3 Å². The largest absolute Gasteiger partial charge is 0.366 e. The minimum atomic E-state index is 0.619. The Balaban J connectivity index is 1.77. The summed E-state index contributed by atoms with van der Waals surface area (Å²) in [4.78, 5) is 5.34. The lowest BCUT2D eigenvalue weighted by Gasteiger charge is -2.48. The molecule has 0 amide bonds. The number of benzene rings is 1. The minimum Gasteiger partial charge on any atom is -0.366 e. The molecule has 0 aromatic heterocycles. The summed E-state index contributed by atoms with van der Waals surface area (Å²) in [5.41, 5.74) is 4.22. The summed E-state index contributed by atoms with van der Waals surface area (Å²) < 4.78 is 0. The predicted molar refractivity (Wildman–Crippen MR) is 90.0 cm³/mol. The second kappa shape index (κ2) is 6.37. The number of piperazine rings is 1. The molecule has 0 saturated carbocycles. The molecule has 116 valence electrons. The van der Waals surface area contributed by atoms with Gasteiger partial charge in [-0.25, -0.2) is 0 Å². The van der Waals surface area contributed by atoms with Crippen LogP contribution >= 0.6 is 0 Å². The van der Waals surface area contributed by atoms with Crippen LogP contribution in [0.15, 0.2) is 18.2 Å². The van der Waals surface area contributed by atoms with Crippen LogP contribution in [-0.2, 0) is 6.54 Å². The van der Waals surface area contributed by atoms with Crippen LogP contribution in [-0.4, -0.2) is 43.7 Å². The molecule has 0 spiro atoms. The van der Waals surface area contributed by atoms with Gasteiger partial charge in [0.2, 0.25) is 0 Å². The third kappa shape index (κ3) is 3.09. The minimum absolute atomic E-state index is 0.619. The molecule has 1 aromatic carbocycles. The molecular formula is C18H29N3. The zero-order chi connectivity index (χ0) is 14.8. The number of piperidine rings is 1. The van der Waals surface area contributed by atoms with Crippen molar-refractivity contribution < 1.29 is 0 Å². The van der Waals surface area contributed by atoms with E-state index in [2.05, 4.69) is 47.2 Å². The Morgan fingerprint density at radius 2 is 2.10 bits per heavy atom. The number of anilines is 1. The van der Waals surface area contributed by atoms with Crippen molar-refractivity contribution in [1.82, 2.24) is 10.2 Å². The Bertz CT molecular complexity index is 485. The van der Waals surface area contributed by atoms with E-state index in [9.17, 15) is 0 Å². The van der Waals surface area contributed by atoms with E-state index in [-0.39, 0.29) is 0 Å². The Labute approximate surface area is 129 Å². The summed E-state index contributed by atoms with van der Waals surface area (Å²) in [7, 11) is 2.01. The molecule has 1 N–H and O–H groups in total. The van der Waals surface area contributed by atoms with Crippen molar-refractivity contribution in [2.45, 2.75) is 51.7 Å². The Morgan fingerprint density at radius 3 is 2.86 bits per heavy atom. The first kappa shape index (κ1) is 14.9. The normalized spacial score (nSPS) is 26.7. The topological polar surface area (TPSA) is 18.5 Å². The Hall–Kier alpha value is -1.06. The molecule has 3 heteroatoms. The third-order valence-electron chi connectivity index (χ3n) is 5.21. The van der Waals surface area contributed by atoms with Crippen LogP contribution in [0.4, 0.5) is 5.69 Å². The molecular weight excluding hydrogens is 258 g/mol. The van der Waals surface area contributed by atoms with Gasteiger partial charge in [0.1, 0.15) is 0 Å².